The molecule has 0 aliphatic carbocycles. The van der Waals surface area contributed by atoms with E-state index in [1.807, 2.05) is 74.5 Å². The number of methoxy groups -OCH3 is 1. The standard InChI is InChI=1S/C34H45N3O5S/c1-25(2)22-35-33(39)31(21-26-12-9-8-10-13-26)36(23-27-14-11-15-30(20-27)42-6)32(38)24-37(43(7,40)41)29-18-16-28(17-19-29)34(3,4)5/h8-20,25,31H,21-24H2,1-7H3,(H,35,39)/t31-/m0/s1. The number of carbonyl (C=O) groups excluding carboxylic acids is 2. The maximum Gasteiger partial charge on any atom is 0.244 e. The number of hydrogen-bond donors (Lipinski definition) is 1. The van der Waals surface area contributed by atoms with Crippen molar-refractivity contribution in [3.05, 3.63) is 95.6 Å². The Balaban J connectivity index is 2.06. The Bertz CT molecular complexity index is 1470. The highest BCUT2D eigenvalue weighted by molar-refractivity contribution is 7.92. The lowest BCUT2D eigenvalue weighted by molar-refractivity contribution is -0.140. The maximum absolute atomic E-state index is 14.2. The van der Waals surface area contributed by atoms with Gasteiger partial charge in [0.15, 0.2) is 0 Å². The van der Waals surface area contributed by atoms with Crippen molar-refractivity contribution in [3.8, 4) is 5.75 Å². The van der Waals surface area contributed by atoms with Crippen molar-refractivity contribution >= 4 is 27.5 Å². The molecular weight excluding hydrogens is 562 g/mol. The van der Waals surface area contributed by atoms with Crippen LogP contribution < -0.4 is 14.4 Å². The zero-order valence-corrected chi connectivity index (χ0v) is 27.1. The number of sulfonamides is 1. The Labute approximate surface area is 257 Å². The predicted molar refractivity (Wildman–Crippen MR) is 173 cm³/mol. The predicted octanol–water partition coefficient (Wildman–Crippen LogP) is 5.17. The van der Waals surface area contributed by atoms with E-state index in [4.69, 9.17) is 4.74 Å². The molecule has 1 N–H and O–H groups in total. The molecule has 0 aromatic heterocycles. The van der Waals surface area contributed by atoms with E-state index in [2.05, 4.69) is 26.1 Å². The summed E-state index contributed by atoms with van der Waals surface area (Å²) in [6.45, 7) is 10.3. The molecule has 9 heteroatoms. The first-order valence-electron chi connectivity index (χ1n) is 14.5. The van der Waals surface area contributed by atoms with Crippen LogP contribution >= 0.6 is 0 Å². The highest BCUT2D eigenvalue weighted by atomic mass is 32.2. The molecule has 0 saturated carbocycles. The van der Waals surface area contributed by atoms with E-state index in [0.29, 0.717) is 18.0 Å². The number of nitrogens with zero attached hydrogens (tertiary/aromatic N) is 2. The van der Waals surface area contributed by atoms with E-state index in [1.165, 1.54) is 4.90 Å². The van der Waals surface area contributed by atoms with Crippen molar-refractivity contribution < 1.29 is 22.7 Å². The third kappa shape index (κ3) is 9.85. The van der Waals surface area contributed by atoms with Crippen LogP contribution in [-0.2, 0) is 38.0 Å². The average Bonchev–Trinajstić information content (AvgIpc) is 2.96. The molecule has 0 unspecified atom stereocenters. The fourth-order valence-corrected chi connectivity index (χ4v) is 5.54. The Hall–Kier alpha value is -3.85. The van der Waals surface area contributed by atoms with Gasteiger partial charge in [-0.2, -0.15) is 0 Å². The summed E-state index contributed by atoms with van der Waals surface area (Å²) in [5.41, 5.74) is 2.94. The van der Waals surface area contributed by atoms with Crippen LogP contribution in [0.2, 0.25) is 0 Å². The molecule has 0 radical (unpaired) electrons. The quantitative estimate of drug-likeness (QED) is 0.289. The fourth-order valence-electron chi connectivity index (χ4n) is 4.69. The molecule has 3 aromatic carbocycles. The molecule has 1 atom stereocenters. The van der Waals surface area contributed by atoms with E-state index in [1.54, 1.807) is 25.3 Å². The van der Waals surface area contributed by atoms with Gasteiger partial charge in [0.1, 0.15) is 18.3 Å². The SMILES string of the molecule is COc1cccc(CN(C(=O)CN(c2ccc(C(C)(C)C)cc2)S(C)(=O)=O)[C@@H](Cc2ccccc2)C(=O)NCC(C)C)c1. The zero-order valence-electron chi connectivity index (χ0n) is 26.3. The molecule has 0 aliphatic rings. The Morgan fingerprint density at radius 1 is 0.907 bits per heavy atom. The summed E-state index contributed by atoms with van der Waals surface area (Å²) in [5, 5.41) is 2.99. The van der Waals surface area contributed by atoms with Gasteiger partial charge in [0.05, 0.1) is 19.1 Å². The molecular formula is C34H45N3O5S. The van der Waals surface area contributed by atoms with Crippen LogP contribution in [0.25, 0.3) is 0 Å². The molecule has 0 spiro atoms. The average molecular weight is 608 g/mol. The van der Waals surface area contributed by atoms with Crippen LogP contribution in [0, 0.1) is 5.92 Å². The van der Waals surface area contributed by atoms with E-state index in [0.717, 1.165) is 27.3 Å². The number of amides is 2. The highest BCUT2D eigenvalue weighted by Gasteiger charge is 2.33. The minimum absolute atomic E-state index is 0.0865. The molecule has 0 bridgehead atoms. The van der Waals surface area contributed by atoms with Crippen molar-refractivity contribution in [1.29, 1.82) is 0 Å². The fraction of sp³-hybridized carbons (Fsp3) is 0.412. The van der Waals surface area contributed by atoms with Crippen LogP contribution in [0.4, 0.5) is 5.69 Å². The normalized spacial score (nSPS) is 12.5. The van der Waals surface area contributed by atoms with Gasteiger partial charge in [0.25, 0.3) is 0 Å². The van der Waals surface area contributed by atoms with Crippen molar-refractivity contribution in [3.63, 3.8) is 0 Å². The molecule has 0 fully saturated rings. The van der Waals surface area contributed by atoms with Gasteiger partial charge < -0.3 is 15.0 Å². The summed E-state index contributed by atoms with van der Waals surface area (Å²) in [6, 6.07) is 23.1. The molecule has 8 nitrogen and oxygen atoms in total. The van der Waals surface area contributed by atoms with E-state index >= 15 is 0 Å². The van der Waals surface area contributed by atoms with Crippen molar-refractivity contribution in [1.82, 2.24) is 10.2 Å². The minimum Gasteiger partial charge on any atom is -0.497 e. The number of ether oxygens (including phenoxy) is 1. The van der Waals surface area contributed by atoms with Gasteiger partial charge in [-0.1, -0.05) is 89.2 Å². The Kier molecular flexibility index (Phi) is 11.4. The second-order valence-electron chi connectivity index (χ2n) is 12.3. The lowest BCUT2D eigenvalue weighted by Crippen LogP contribution is -2.53. The number of hydrogen-bond acceptors (Lipinski definition) is 5. The molecule has 3 aromatic rings. The molecule has 0 heterocycles. The van der Waals surface area contributed by atoms with Gasteiger partial charge in [-0.3, -0.25) is 13.9 Å². The highest BCUT2D eigenvalue weighted by Crippen LogP contribution is 2.27. The summed E-state index contributed by atoms with van der Waals surface area (Å²) in [4.78, 5) is 29.5. The van der Waals surface area contributed by atoms with Crippen LogP contribution in [0.15, 0.2) is 78.9 Å². The lowest BCUT2D eigenvalue weighted by atomic mass is 9.87. The second kappa shape index (κ2) is 14.6. The number of nitrogens with one attached hydrogen (secondary N) is 1. The zero-order chi connectivity index (χ0) is 31.8. The molecule has 3 rings (SSSR count). The van der Waals surface area contributed by atoms with Gasteiger partial charge in [0, 0.05) is 19.5 Å². The summed E-state index contributed by atoms with van der Waals surface area (Å²) in [5.74, 6) is 0.0362. The third-order valence-electron chi connectivity index (χ3n) is 7.14. The van der Waals surface area contributed by atoms with E-state index < -0.39 is 28.5 Å². The summed E-state index contributed by atoms with van der Waals surface area (Å²) < 4.78 is 32.6. The minimum atomic E-state index is -3.84. The molecule has 232 valence electrons. The monoisotopic (exact) mass is 607 g/mol. The lowest BCUT2D eigenvalue weighted by Gasteiger charge is -2.34. The number of carbonyl (C=O) groups is 2. The van der Waals surface area contributed by atoms with Crippen molar-refractivity contribution in [2.45, 2.75) is 59.0 Å². The third-order valence-corrected chi connectivity index (χ3v) is 8.28. The Morgan fingerprint density at radius 2 is 1.53 bits per heavy atom. The largest absolute Gasteiger partial charge is 0.497 e. The van der Waals surface area contributed by atoms with E-state index in [-0.39, 0.29) is 30.2 Å². The van der Waals surface area contributed by atoms with Crippen LogP contribution in [0.3, 0.4) is 0 Å². The van der Waals surface area contributed by atoms with Gasteiger partial charge in [-0.15, -0.1) is 0 Å². The van der Waals surface area contributed by atoms with Gasteiger partial charge in [-0.05, 0) is 52.3 Å². The van der Waals surface area contributed by atoms with Crippen molar-refractivity contribution in [2.75, 3.05) is 30.8 Å². The van der Waals surface area contributed by atoms with Crippen molar-refractivity contribution in [2.24, 2.45) is 5.92 Å². The first-order chi connectivity index (χ1) is 20.2. The molecule has 0 aliphatic heterocycles. The smallest absolute Gasteiger partial charge is 0.244 e. The van der Waals surface area contributed by atoms with Crippen LogP contribution in [-0.4, -0.2) is 57.6 Å². The molecule has 2 amide bonds. The number of anilines is 1. The molecule has 0 saturated heterocycles. The first kappa shape index (κ1) is 33.6. The number of rotatable bonds is 13. The second-order valence-corrected chi connectivity index (χ2v) is 14.2. The topological polar surface area (TPSA) is 96.0 Å². The summed E-state index contributed by atoms with van der Waals surface area (Å²) >= 11 is 0. The van der Waals surface area contributed by atoms with Gasteiger partial charge in [-0.25, -0.2) is 8.42 Å². The first-order valence-corrected chi connectivity index (χ1v) is 16.4. The van der Waals surface area contributed by atoms with Crippen LogP contribution in [0.5, 0.6) is 5.75 Å². The Morgan fingerprint density at radius 3 is 2.09 bits per heavy atom. The van der Waals surface area contributed by atoms with Gasteiger partial charge in [0.2, 0.25) is 21.8 Å². The number of benzene rings is 3. The maximum atomic E-state index is 14.2. The van der Waals surface area contributed by atoms with Crippen LogP contribution in [0.1, 0.15) is 51.3 Å². The summed E-state index contributed by atoms with van der Waals surface area (Å²) in [7, 11) is -2.28. The molecule has 43 heavy (non-hydrogen) atoms. The van der Waals surface area contributed by atoms with E-state index in [9.17, 15) is 18.0 Å². The summed E-state index contributed by atoms with van der Waals surface area (Å²) in [6.07, 6.45) is 1.35. The van der Waals surface area contributed by atoms with Gasteiger partial charge >= 0.3 is 0 Å².